The topological polar surface area (TPSA) is 93.2 Å². The average Bonchev–Trinajstić information content (AvgIpc) is 3.63. The third-order valence-corrected chi connectivity index (χ3v) is 6.29. The molecule has 2 aromatic heterocycles. The fourth-order valence-corrected chi connectivity index (χ4v) is 4.48. The van der Waals surface area contributed by atoms with E-state index >= 15 is 0 Å². The van der Waals surface area contributed by atoms with E-state index in [1.54, 1.807) is 39.1 Å². The van der Waals surface area contributed by atoms with Crippen molar-refractivity contribution >= 4 is 17.8 Å². The van der Waals surface area contributed by atoms with Gasteiger partial charge in [-0.1, -0.05) is 0 Å². The molecule has 34 heavy (non-hydrogen) atoms. The monoisotopic (exact) mass is 468 g/mol. The van der Waals surface area contributed by atoms with Gasteiger partial charge in [-0.25, -0.2) is 9.78 Å². The number of rotatable bonds is 7. The van der Waals surface area contributed by atoms with E-state index in [1.807, 2.05) is 19.9 Å². The maximum absolute atomic E-state index is 15.0. The lowest BCUT2D eigenvalue weighted by atomic mass is 9.89. The van der Waals surface area contributed by atoms with Crippen LogP contribution in [-0.4, -0.2) is 33.6 Å². The average molecular weight is 469 g/mol. The summed E-state index contributed by atoms with van der Waals surface area (Å²) in [5, 5.41) is 5.52. The first-order valence-corrected chi connectivity index (χ1v) is 11.9. The van der Waals surface area contributed by atoms with Gasteiger partial charge in [0.05, 0.1) is 0 Å². The number of carbonyl (C=O) groups excluding carboxylic acids is 2. The highest BCUT2D eigenvalue weighted by atomic mass is 19.1. The van der Waals surface area contributed by atoms with Gasteiger partial charge in [-0.3, -0.25) is 9.78 Å². The Morgan fingerprint density at radius 2 is 1.74 bits per heavy atom. The molecule has 2 heterocycles. The van der Waals surface area contributed by atoms with E-state index in [2.05, 4.69) is 20.6 Å². The molecule has 182 valence electrons. The van der Waals surface area contributed by atoms with Crippen LogP contribution < -0.4 is 10.6 Å². The Kier molecular flexibility index (Phi) is 6.60. The number of halogens is 1. The van der Waals surface area contributed by atoms with Crippen LogP contribution in [0.4, 0.5) is 15.0 Å². The Morgan fingerprint density at radius 3 is 2.29 bits per heavy atom. The smallest absolute Gasteiger partial charge is 0.408 e. The predicted molar refractivity (Wildman–Crippen MR) is 128 cm³/mol. The number of alkyl carbamates (subject to hydrolysis) is 1. The maximum Gasteiger partial charge on any atom is 0.408 e. The molecule has 4 rings (SSSR count). The molecule has 0 saturated heterocycles. The maximum atomic E-state index is 15.0. The van der Waals surface area contributed by atoms with Gasteiger partial charge in [0, 0.05) is 23.0 Å². The largest absolute Gasteiger partial charge is 0.444 e. The zero-order valence-electron chi connectivity index (χ0n) is 20.4. The molecule has 0 radical (unpaired) electrons. The summed E-state index contributed by atoms with van der Waals surface area (Å²) in [6, 6.07) is 4.27. The number of nitrogens with one attached hydrogen (secondary N) is 2. The number of pyridine rings is 2. The van der Waals surface area contributed by atoms with Gasteiger partial charge in [0.25, 0.3) is 0 Å². The molecule has 2 amide bonds. The van der Waals surface area contributed by atoms with E-state index in [-0.39, 0.29) is 11.7 Å². The number of aryl methyl sites for hydroxylation is 2. The summed E-state index contributed by atoms with van der Waals surface area (Å²) in [7, 11) is 0. The highest BCUT2D eigenvalue weighted by Gasteiger charge is 2.48. The molecular formula is C26H33FN4O3. The highest BCUT2D eigenvalue weighted by Crippen LogP contribution is 2.51. The van der Waals surface area contributed by atoms with E-state index in [9.17, 15) is 14.0 Å². The van der Waals surface area contributed by atoms with Crippen LogP contribution in [0.3, 0.4) is 0 Å². The number of anilines is 1. The third kappa shape index (κ3) is 5.90. The molecule has 8 heteroatoms. The lowest BCUT2D eigenvalue weighted by Gasteiger charge is -2.29. The van der Waals surface area contributed by atoms with Crippen LogP contribution in [0.5, 0.6) is 0 Å². The summed E-state index contributed by atoms with van der Waals surface area (Å²) in [5.41, 5.74) is 1.92. The van der Waals surface area contributed by atoms with Crippen molar-refractivity contribution in [3.05, 3.63) is 41.6 Å². The number of hydrogen-bond acceptors (Lipinski definition) is 5. The zero-order valence-corrected chi connectivity index (χ0v) is 20.4. The second-order valence-electron chi connectivity index (χ2n) is 10.5. The Hall–Kier alpha value is -3.03. The number of nitrogens with zero attached hydrogens (tertiary/aromatic N) is 2. The van der Waals surface area contributed by atoms with Crippen molar-refractivity contribution in [2.75, 3.05) is 5.32 Å². The Bertz CT molecular complexity index is 1080. The molecule has 2 N–H and O–H groups in total. The van der Waals surface area contributed by atoms with E-state index in [0.717, 1.165) is 31.2 Å². The van der Waals surface area contributed by atoms with Crippen molar-refractivity contribution < 1.29 is 18.7 Å². The SMILES string of the molecule is Cc1cnc(C)c(-c2ccc(NC(=O)C(NC(=O)OC(C)(C)C)C(C3CC3)C3CC3)nc2F)c1. The van der Waals surface area contributed by atoms with Gasteiger partial charge in [-0.2, -0.15) is 4.39 Å². The molecule has 2 aliphatic rings. The summed E-state index contributed by atoms with van der Waals surface area (Å²) in [6.45, 7) is 9.04. The molecule has 0 aliphatic heterocycles. The molecule has 0 aromatic carbocycles. The first-order chi connectivity index (χ1) is 16.0. The molecular weight excluding hydrogens is 435 g/mol. The summed E-state index contributed by atoms with van der Waals surface area (Å²) < 4.78 is 20.4. The normalized spacial score (nSPS) is 16.8. The first kappa shape index (κ1) is 24.1. The van der Waals surface area contributed by atoms with Crippen molar-refractivity contribution in [1.82, 2.24) is 15.3 Å². The summed E-state index contributed by atoms with van der Waals surface area (Å²) in [4.78, 5) is 34.1. The van der Waals surface area contributed by atoms with Crippen LogP contribution in [0, 0.1) is 37.5 Å². The number of ether oxygens (including phenoxy) is 1. The fraction of sp³-hybridized carbons (Fsp3) is 0.538. The molecule has 7 nitrogen and oxygen atoms in total. The number of aromatic nitrogens is 2. The van der Waals surface area contributed by atoms with Crippen molar-refractivity contribution in [2.45, 2.75) is 71.9 Å². The first-order valence-electron chi connectivity index (χ1n) is 11.9. The molecule has 1 atom stereocenters. The van der Waals surface area contributed by atoms with E-state index in [1.165, 1.54) is 0 Å². The van der Waals surface area contributed by atoms with Gasteiger partial charge >= 0.3 is 6.09 Å². The second-order valence-corrected chi connectivity index (χ2v) is 10.5. The molecule has 2 saturated carbocycles. The molecule has 2 aliphatic carbocycles. The van der Waals surface area contributed by atoms with Gasteiger partial charge in [0.15, 0.2) is 0 Å². The zero-order chi connectivity index (χ0) is 24.6. The van der Waals surface area contributed by atoms with E-state index < -0.39 is 29.6 Å². The van der Waals surface area contributed by atoms with Gasteiger partial charge in [0.1, 0.15) is 17.5 Å². The van der Waals surface area contributed by atoms with Crippen LogP contribution in [-0.2, 0) is 9.53 Å². The standard InChI is InChI=1S/C26H33FN4O3/c1-14-12-19(15(2)28-13-14)18-10-11-20(29-23(18)27)30-24(32)22(31-25(33)34-26(3,4)5)21(16-6-7-16)17-8-9-17/h10-13,16-17,21-22H,6-9H2,1-5H3,(H,31,33)(H,29,30,32). The second kappa shape index (κ2) is 9.31. The van der Waals surface area contributed by atoms with E-state index in [0.29, 0.717) is 28.7 Å². The van der Waals surface area contributed by atoms with E-state index in [4.69, 9.17) is 4.74 Å². The minimum Gasteiger partial charge on any atom is -0.444 e. The van der Waals surface area contributed by atoms with Crippen LogP contribution >= 0.6 is 0 Å². The van der Waals surface area contributed by atoms with Crippen molar-refractivity contribution in [3.63, 3.8) is 0 Å². The van der Waals surface area contributed by atoms with Crippen LogP contribution in [0.1, 0.15) is 57.7 Å². The van der Waals surface area contributed by atoms with Gasteiger partial charge in [-0.05, 0) is 102 Å². The summed E-state index contributed by atoms with van der Waals surface area (Å²) in [5.74, 6) is -0.138. The van der Waals surface area contributed by atoms with Crippen LogP contribution in [0.25, 0.3) is 11.1 Å². The number of hydrogen-bond donors (Lipinski definition) is 2. The molecule has 2 aromatic rings. The van der Waals surface area contributed by atoms with Crippen molar-refractivity contribution in [2.24, 2.45) is 17.8 Å². The minimum atomic E-state index is -0.761. The highest BCUT2D eigenvalue weighted by molar-refractivity contribution is 5.96. The summed E-state index contributed by atoms with van der Waals surface area (Å²) in [6.07, 6.45) is 5.29. The van der Waals surface area contributed by atoms with Crippen LogP contribution in [0.2, 0.25) is 0 Å². The lowest BCUT2D eigenvalue weighted by Crippen LogP contribution is -2.51. The number of amides is 2. The minimum absolute atomic E-state index is 0.0395. The van der Waals surface area contributed by atoms with Gasteiger partial charge < -0.3 is 15.4 Å². The third-order valence-electron chi connectivity index (χ3n) is 6.29. The van der Waals surface area contributed by atoms with Gasteiger partial charge in [-0.15, -0.1) is 0 Å². The Morgan fingerprint density at radius 1 is 1.09 bits per heavy atom. The molecule has 0 bridgehead atoms. The van der Waals surface area contributed by atoms with Crippen molar-refractivity contribution in [1.29, 1.82) is 0 Å². The fourth-order valence-electron chi connectivity index (χ4n) is 4.48. The Labute approximate surface area is 199 Å². The molecule has 0 spiro atoms. The van der Waals surface area contributed by atoms with Crippen LogP contribution in [0.15, 0.2) is 24.4 Å². The van der Waals surface area contributed by atoms with Gasteiger partial charge in [0.2, 0.25) is 11.9 Å². The molecule has 1 unspecified atom stereocenters. The predicted octanol–water partition coefficient (Wildman–Crippen LogP) is 5.17. The summed E-state index contributed by atoms with van der Waals surface area (Å²) >= 11 is 0. The number of carbonyl (C=O) groups is 2. The van der Waals surface area contributed by atoms with Crippen molar-refractivity contribution in [3.8, 4) is 11.1 Å². The Balaban J connectivity index is 1.54. The quantitative estimate of drug-likeness (QED) is 0.547. The molecule has 2 fully saturated rings. The lowest BCUT2D eigenvalue weighted by molar-refractivity contribution is -0.120.